The average Bonchev–Trinajstić information content (AvgIpc) is 2.33. The van der Waals surface area contributed by atoms with Gasteiger partial charge < -0.3 is 19.7 Å². The van der Waals surface area contributed by atoms with Gasteiger partial charge in [0.15, 0.2) is 0 Å². The highest BCUT2D eigenvalue weighted by atomic mass is 32.2. The molecule has 0 aromatic heterocycles. The van der Waals surface area contributed by atoms with Gasteiger partial charge in [-0.15, -0.1) is 0 Å². The quantitative estimate of drug-likeness (QED) is 0.337. The monoisotopic (exact) mass is 324 g/mol. The topological polar surface area (TPSA) is 133 Å². The van der Waals surface area contributed by atoms with E-state index in [-0.39, 0.29) is 13.1 Å². The molecule has 0 saturated heterocycles. The molecule has 0 radical (unpaired) electrons. The molecule has 0 spiro atoms. The molecule has 0 aliphatic rings. The van der Waals surface area contributed by atoms with Gasteiger partial charge in [-0.2, -0.15) is 0 Å². The van der Waals surface area contributed by atoms with Crippen LogP contribution in [0.5, 0.6) is 0 Å². The first-order valence-electron chi connectivity index (χ1n) is 5.15. The van der Waals surface area contributed by atoms with Gasteiger partial charge in [0, 0.05) is 23.9 Å². The van der Waals surface area contributed by atoms with Crippen LogP contribution in [0.25, 0.3) is 0 Å². The van der Waals surface area contributed by atoms with Crippen molar-refractivity contribution in [1.82, 2.24) is 10.6 Å². The second kappa shape index (κ2) is 7.85. The first-order valence-corrected chi connectivity index (χ1v) is 8.43. The van der Waals surface area contributed by atoms with Gasteiger partial charge >= 0.3 is 0 Å². The molecule has 0 aromatic rings. The lowest BCUT2D eigenvalue weighted by molar-refractivity contribution is -0.116. The summed E-state index contributed by atoms with van der Waals surface area (Å²) in [6.45, 7) is 6.13. The minimum absolute atomic E-state index is 0.0255. The van der Waals surface area contributed by atoms with Crippen molar-refractivity contribution in [1.29, 1.82) is 0 Å². The summed E-state index contributed by atoms with van der Waals surface area (Å²) in [6, 6.07) is 0. The summed E-state index contributed by atoms with van der Waals surface area (Å²) in [6.07, 6.45) is 0. The molecule has 0 bridgehead atoms. The van der Waals surface area contributed by atoms with E-state index < -0.39 is 31.4 Å². The molecule has 0 rings (SSSR count). The number of carbonyl (C=O) groups is 2. The fourth-order valence-corrected chi connectivity index (χ4v) is 1.83. The van der Waals surface area contributed by atoms with E-state index in [9.17, 15) is 18.0 Å². The zero-order chi connectivity index (χ0) is 15.8. The first-order chi connectivity index (χ1) is 9.12. The maximum atomic E-state index is 11.2. The molecule has 0 heterocycles. The van der Waals surface area contributed by atoms with Crippen LogP contribution in [0.3, 0.4) is 0 Å². The molecule has 10 heteroatoms. The summed E-state index contributed by atoms with van der Waals surface area (Å²) in [7, 11) is -7.00. The standard InChI is InChI=1S/C10H16N2O6S2/c1-3-19(15,16)7-9(13)11-5-6-12-10(14)8-20(17,18)4-2/h3-4,7-8H,1-2,5-6H2,(H,11,13)(H,12,14)(H,15,16)(H,17,18). The molecule has 0 saturated carbocycles. The third-order valence-electron chi connectivity index (χ3n) is 1.75. The largest absolute Gasteiger partial charge is 0.350 e. The van der Waals surface area contributed by atoms with E-state index in [1.807, 2.05) is 0 Å². The Morgan fingerprint density at radius 2 is 1.20 bits per heavy atom. The van der Waals surface area contributed by atoms with Gasteiger partial charge in [-0.05, 0) is 0 Å². The fourth-order valence-electron chi connectivity index (χ4n) is 0.858. The van der Waals surface area contributed by atoms with E-state index in [4.69, 9.17) is 9.11 Å². The van der Waals surface area contributed by atoms with E-state index >= 15 is 0 Å². The summed E-state index contributed by atoms with van der Waals surface area (Å²) < 4.78 is 40.2. The van der Waals surface area contributed by atoms with Gasteiger partial charge in [-0.3, -0.25) is 9.59 Å². The lowest BCUT2D eigenvalue weighted by Crippen LogP contribution is -2.36. The van der Waals surface area contributed by atoms with Crippen LogP contribution in [0.15, 0.2) is 24.0 Å². The van der Waals surface area contributed by atoms with Crippen molar-refractivity contribution in [3.8, 4) is 0 Å². The van der Waals surface area contributed by atoms with E-state index in [0.717, 1.165) is 10.8 Å². The maximum absolute atomic E-state index is 11.2. The van der Waals surface area contributed by atoms with Crippen molar-refractivity contribution in [2.24, 2.45) is 0 Å². The Morgan fingerprint density at radius 3 is 1.45 bits per heavy atom. The van der Waals surface area contributed by atoms with Crippen LogP contribution in [0.2, 0.25) is 0 Å². The van der Waals surface area contributed by atoms with Crippen molar-refractivity contribution < 1.29 is 27.1 Å². The van der Waals surface area contributed by atoms with Gasteiger partial charge in [0.2, 0.25) is 0 Å². The molecule has 0 aliphatic carbocycles. The molecule has 0 fully saturated rings. The smallest absolute Gasteiger partial charge is 0.254 e. The minimum Gasteiger partial charge on any atom is -0.350 e. The lowest BCUT2D eigenvalue weighted by atomic mass is 10.5. The van der Waals surface area contributed by atoms with Crippen molar-refractivity contribution in [2.45, 2.75) is 0 Å². The molecule has 2 atom stereocenters. The Morgan fingerprint density at radius 1 is 0.900 bits per heavy atom. The predicted octanol–water partition coefficient (Wildman–Crippen LogP) is -1.37. The van der Waals surface area contributed by atoms with E-state index in [1.165, 1.54) is 0 Å². The molecule has 4 N–H and O–H groups in total. The zero-order valence-corrected chi connectivity index (χ0v) is 12.1. The summed E-state index contributed by atoms with van der Waals surface area (Å²) in [5.41, 5.74) is 0. The molecule has 0 aromatic carbocycles. The lowest BCUT2D eigenvalue weighted by Gasteiger charge is -2.04. The number of hydrogen-bond donors (Lipinski definition) is 4. The fraction of sp³-hybridized carbons (Fsp3) is 0.200. The number of nitrogens with one attached hydrogen (secondary N) is 2. The van der Waals surface area contributed by atoms with Crippen LogP contribution in [0, 0.1) is 0 Å². The van der Waals surface area contributed by atoms with Gasteiger partial charge in [0.1, 0.15) is 19.6 Å². The van der Waals surface area contributed by atoms with E-state index in [2.05, 4.69) is 23.8 Å². The molecule has 2 unspecified atom stereocenters. The summed E-state index contributed by atoms with van der Waals surface area (Å²) in [5.74, 6) is -1.60. The van der Waals surface area contributed by atoms with Crippen LogP contribution in [-0.2, 0) is 29.2 Å². The van der Waals surface area contributed by atoms with Gasteiger partial charge in [-0.25, -0.2) is 8.42 Å². The third-order valence-corrected chi connectivity index (χ3v) is 3.81. The summed E-state index contributed by atoms with van der Waals surface area (Å²) >= 11 is 0. The Labute approximate surface area is 117 Å². The zero-order valence-electron chi connectivity index (χ0n) is 10.5. The van der Waals surface area contributed by atoms with Crippen molar-refractivity contribution >= 4 is 42.2 Å². The summed E-state index contributed by atoms with van der Waals surface area (Å²) in [5, 5.41) is 7.07. The highest BCUT2D eigenvalue weighted by Crippen LogP contribution is 1.84. The second-order valence-electron chi connectivity index (χ2n) is 3.38. The predicted molar refractivity (Wildman–Crippen MR) is 80.1 cm³/mol. The molecule has 2 amide bonds. The number of rotatable bonds is 7. The molecule has 114 valence electrons. The highest BCUT2D eigenvalue weighted by Gasteiger charge is 2.04. The van der Waals surface area contributed by atoms with Crippen LogP contribution < -0.4 is 10.6 Å². The molecular weight excluding hydrogens is 308 g/mol. The maximum Gasteiger partial charge on any atom is 0.254 e. The number of hydrogen-bond acceptors (Lipinski definition) is 4. The second-order valence-corrected chi connectivity index (χ2v) is 6.97. The van der Waals surface area contributed by atoms with Gasteiger partial charge in [0.05, 0.1) is 10.7 Å². The number of carbonyl (C=O) groups excluding carboxylic acids is 2. The molecule has 8 nitrogen and oxygen atoms in total. The van der Waals surface area contributed by atoms with Crippen molar-refractivity contribution in [2.75, 3.05) is 13.1 Å². The van der Waals surface area contributed by atoms with Crippen LogP contribution in [0.1, 0.15) is 0 Å². The Hall–Kier alpha value is -1.62. The first kappa shape index (κ1) is 18.4. The third kappa shape index (κ3) is 8.48. The van der Waals surface area contributed by atoms with Crippen LogP contribution >= 0.6 is 0 Å². The van der Waals surface area contributed by atoms with Crippen molar-refractivity contribution in [3.05, 3.63) is 24.0 Å². The van der Waals surface area contributed by atoms with E-state index in [0.29, 0.717) is 10.7 Å². The normalized spacial score (nSPS) is 15.9. The molecular formula is C10H16N2O6S2. The summed E-state index contributed by atoms with van der Waals surface area (Å²) in [4.78, 5) is 22.3. The number of amides is 2. The van der Waals surface area contributed by atoms with E-state index in [1.54, 1.807) is 0 Å². The van der Waals surface area contributed by atoms with Crippen molar-refractivity contribution in [3.63, 3.8) is 0 Å². The Bertz CT molecular complexity index is 580. The molecule has 20 heavy (non-hydrogen) atoms. The Kier molecular flexibility index (Phi) is 7.21. The van der Waals surface area contributed by atoms with Crippen LogP contribution in [0.4, 0.5) is 0 Å². The molecule has 0 aliphatic heterocycles. The van der Waals surface area contributed by atoms with Gasteiger partial charge in [-0.1, -0.05) is 13.2 Å². The average molecular weight is 324 g/mol. The Balaban J connectivity index is 4.24. The highest BCUT2D eigenvalue weighted by molar-refractivity contribution is 8.00. The van der Waals surface area contributed by atoms with Gasteiger partial charge in [0.25, 0.3) is 11.8 Å². The van der Waals surface area contributed by atoms with Crippen LogP contribution in [-0.4, -0.2) is 53.2 Å². The SMILES string of the molecule is C=CS(=O)(O)=CC(=O)NCCNC(=O)C=S(=O)(O)C=C. The minimum atomic E-state index is -3.50.